The quantitative estimate of drug-likeness (QED) is 0.498. The molecule has 0 unspecified atom stereocenters. The molecule has 39 heavy (non-hydrogen) atoms. The molecule has 0 bridgehead atoms. The standard InChI is InChI=1S/C29H39N3O6S/c1-22-18-32(23(2)21-33)39(35,36)28-12-11-25(10-9-24-7-5-4-6-8-24)17-26(28)38-27(22)19-30(3)29(34)20-31-13-15-37-16-14-31/h4-12,17,22-23,27,33H,13-16,18-21H2,1-3H3/t22-,23+,27-/m0/s1. The van der Waals surface area contributed by atoms with Gasteiger partial charge in [-0.2, -0.15) is 4.31 Å². The third kappa shape index (κ3) is 7.26. The highest BCUT2D eigenvalue weighted by Gasteiger charge is 2.38. The van der Waals surface area contributed by atoms with Crippen molar-refractivity contribution in [3.63, 3.8) is 0 Å². The maximum Gasteiger partial charge on any atom is 0.247 e. The van der Waals surface area contributed by atoms with Gasteiger partial charge in [-0.25, -0.2) is 8.42 Å². The first kappa shape index (κ1) is 29.2. The van der Waals surface area contributed by atoms with Gasteiger partial charge >= 0.3 is 0 Å². The topological polar surface area (TPSA) is 99.6 Å². The van der Waals surface area contributed by atoms with Crippen LogP contribution in [0.15, 0.2) is 53.4 Å². The van der Waals surface area contributed by atoms with Gasteiger partial charge in [0.05, 0.1) is 32.9 Å². The van der Waals surface area contributed by atoms with E-state index in [1.54, 1.807) is 37.1 Å². The average molecular weight is 558 g/mol. The predicted octanol–water partition coefficient (Wildman–Crippen LogP) is 2.42. The number of carbonyl (C=O) groups is 1. The van der Waals surface area contributed by atoms with Crippen molar-refractivity contribution < 1.29 is 27.8 Å². The third-order valence-electron chi connectivity index (χ3n) is 7.30. The molecule has 1 N–H and O–H groups in total. The number of rotatable bonds is 8. The fraction of sp³-hybridized carbons (Fsp3) is 0.483. The number of hydrogen-bond donors (Lipinski definition) is 1. The predicted molar refractivity (Wildman–Crippen MR) is 151 cm³/mol. The Morgan fingerprint density at radius 2 is 1.82 bits per heavy atom. The molecule has 0 aliphatic carbocycles. The fourth-order valence-corrected chi connectivity index (χ4v) is 6.59. The number of carbonyl (C=O) groups excluding carboxylic acids is 1. The molecule has 10 heteroatoms. The Kier molecular flexibility index (Phi) is 9.79. The van der Waals surface area contributed by atoms with Gasteiger partial charge in [-0.3, -0.25) is 9.69 Å². The molecule has 0 radical (unpaired) electrons. The molecule has 2 aromatic rings. The van der Waals surface area contributed by atoms with Crippen molar-refractivity contribution in [1.29, 1.82) is 0 Å². The number of aliphatic hydroxyl groups is 1. The number of fused-ring (bicyclic) bond motifs is 1. The lowest BCUT2D eigenvalue weighted by atomic mass is 10.0. The van der Waals surface area contributed by atoms with E-state index in [-0.39, 0.29) is 35.6 Å². The third-order valence-corrected chi connectivity index (χ3v) is 9.32. The van der Waals surface area contributed by atoms with Gasteiger partial charge in [0.25, 0.3) is 0 Å². The van der Waals surface area contributed by atoms with E-state index in [2.05, 4.69) is 4.90 Å². The first-order valence-corrected chi connectivity index (χ1v) is 14.8. The van der Waals surface area contributed by atoms with E-state index < -0.39 is 22.2 Å². The van der Waals surface area contributed by atoms with Gasteiger partial charge in [0.2, 0.25) is 15.9 Å². The molecule has 1 amide bonds. The van der Waals surface area contributed by atoms with Gasteiger partial charge in [0.15, 0.2) is 0 Å². The number of nitrogens with zero attached hydrogens (tertiary/aromatic N) is 3. The van der Waals surface area contributed by atoms with Crippen LogP contribution in [0.2, 0.25) is 0 Å². The Bertz CT molecular complexity index is 1250. The summed E-state index contributed by atoms with van der Waals surface area (Å²) < 4.78 is 40.6. The molecule has 2 heterocycles. The lowest BCUT2D eigenvalue weighted by molar-refractivity contribution is -0.133. The van der Waals surface area contributed by atoms with E-state index in [0.29, 0.717) is 39.4 Å². The first-order chi connectivity index (χ1) is 18.7. The Morgan fingerprint density at radius 1 is 1.13 bits per heavy atom. The average Bonchev–Trinajstić information content (AvgIpc) is 2.94. The largest absolute Gasteiger partial charge is 0.487 e. The van der Waals surface area contributed by atoms with Crippen molar-refractivity contribution in [1.82, 2.24) is 14.1 Å². The number of aliphatic hydroxyl groups excluding tert-OH is 1. The molecule has 2 aliphatic heterocycles. The highest BCUT2D eigenvalue weighted by Crippen LogP contribution is 2.34. The zero-order valence-corrected chi connectivity index (χ0v) is 23.7. The highest BCUT2D eigenvalue weighted by atomic mass is 32.2. The van der Waals surface area contributed by atoms with Crippen LogP contribution < -0.4 is 4.74 Å². The first-order valence-electron chi connectivity index (χ1n) is 13.4. The van der Waals surface area contributed by atoms with Gasteiger partial charge in [-0.15, -0.1) is 0 Å². The summed E-state index contributed by atoms with van der Waals surface area (Å²) in [5, 5.41) is 9.86. The van der Waals surface area contributed by atoms with Crippen LogP contribution >= 0.6 is 0 Å². The second kappa shape index (κ2) is 13.1. The summed E-state index contributed by atoms with van der Waals surface area (Å²) in [7, 11) is -2.18. The minimum Gasteiger partial charge on any atom is -0.487 e. The van der Waals surface area contributed by atoms with E-state index in [4.69, 9.17) is 9.47 Å². The Labute approximate surface area is 231 Å². The highest BCUT2D eigenvalue weighted by molar-refractivity contribution is 7.89. The van der Waals surface area contributed by atoms with Gasteiger partial charge in [0.1, 0.15) is 16.7 Å². The lowest BCUT2D eigenvalue weighted by Crippen LogP contribution is -2.51. The molecule has 1 fully saturated rings. The number of amides is 1. The van der Waals surface area contributed by atoms with Crippen LogP contribution in [0, 0.1) is 5.92 Å². The zero-order chi connectivity index (χ0) is 28.0. The smallest absolute Gasteiger partial charge is 0.247 e. The van der Waals surface area contributed by atoms with E-state index in [1.807, 2.05) is 49.4 Å². The minimum absolute atomic E-state index is 0.0252. The van der Waals surface area contributed by atoms with Crippen LogP contribution in [-0.4, -0.2) is 105 Å². The second-order valence-electron chi connectivity index (χ2n) is 10.4. The molecule has 2 aromatic carbocycles. The van der Waals surface area contributed by atoms with Gasteiger partial charge in [-0.05, 0) is 30.2 Å². The minimum atomic E-state index is -3.93. The molecule has 4 rings (SSSR count). The lowest BCUT2D eigenvalue weighted by Gasteiger charge is -2.38. The molecular weight excluding hydrogens is 518 g/mol. The number of ether oxygens (including phenoxy) is 2. The number of benzene rings is 2. The summed E-state index contributed by atoms with van der Waals surface area (Å²) in [5.74, 6) is -0.0299. The molecule has 3 atom stereocenters. The van der Waals surface area contributed by atoms with Crippen LogP contribution in [0.25, 0.3) is 12.2 Å². The monoisotopic (exact) mass is 557 g/mol. The fourth-order valence-electron chi connectivity index (χ4n) is 4.76. The van der Waals surface area contributed by atoms with E-state index in [9.17, 15) is 18.3 Å². The SMILES string of the molecule is C[C@H](CO)N1C[C@H](C)[C@H](CN(C)C(=O)CN2CCOCC2)Oc2cc(C=Cc3ccccc3)ccc2S1(=O)=O. The molecular formula is C29H39N3O6S. The van der Waals surface area contributed by atoms with Crippen molar-refractivity contribution in [3.8, 4) is 5.75 Å². The molecule has 212 valence electrons. The number of sulfonamides is 1. The van der Waals surface area contributed by atoms with E-state index in [0.717, 1.165) is 11.1 Å². The van der Waals surface area contributed by atoms with Crippen molar-refractivity contribution in [3.05, 3.63) is 59.7 Å². The molecule has 0 spiro atoms. The molecule has 0 saturated carbocycles. The van der Waals surface area contributed by atoms with Gasteiger partial charge < -0.3 is 19.5 Å². The summed E-state index contributed by atoms with van der Waals surface area (Å²) in [6, 6.07) is 14.3. The van der Waals surface area contributed by atoms with Gasteiger partial charge in [0, 0.05) is 38.6 Å². The van der Waals surface area contributed by atoms with Crippen LogP contribution in [0.3, 0.4) is 0 Å². The summed E-state index contributed by atoms with van der Waals surface area (Å²) in [6.45, 7) is 6.73. The summed E-state index contributed by atoms with van der Waals surface area (Å²) in [4.78, 5) is 16.8. The number of morpholine rings is 1. The zero-order valence-electron chi connectivity index (χ0n) is 22.9. The Balaban J connectivity index is 1.62. The molecule has 1 saturated heterocycles. The number of likely N-dealkylation sites (N-methyl/N-ethyl adjacent to an activating group) is 1. The molecule has 2 aliphatic rings. The Hall–Kier alpha value is -2.76. The van der Waals surface area contributed by atoms with Crippen molar-refractivity contribution in [2.24, 2.45) is 5.92 Å². The van der Waals surface area contributed by atoms with Crippen LogP contribution in [0.1, 0.15) is 25.0 Å². The van der Waals surface area contributed by atoms with Crippen LogP contribution in [0.4, 0.5) is 0 Å². The summed E-state index contributed by atoms with van der Waals surface area (Å²) in [5.41, 5.74) is 1.81. The number of hydrogen-bond acceptors (Lipinski definition) is 7. The summed E-state index contributed by atoms with van der Waals surface area (Å²) in [6.07, 6.45) is 3.41. The normalized spacial score (nSPS) is 22.9. The second-order valence-corrected chi connectivity index (χ2v) is 12.2. The maximum absolute atomic E-state index is 13.7. The van der Waals surface area contributed by atoms with Crippen LogP contribution in [0.5, 0.6) is 5.75 Å². The summed E-state index contributed by atoms with van der Waals surface area (Å²) >= 11 is 0. The molecule has 9 nitrogen and oxygen atoms in total. The van der Waals surface area contributed by atoms with Gasteiger partial charge in [-0.1, -0.05) is 55.5 Å². The van der Waals surface area contributed by atoms with E-state index in [1.165, 1.54) is 4.31 Å². The maximum atomic E-state index is 13.7. The molecule has 0 aromatic heterocycles. The van der Waals surface area contributed by atoms with E-state index >= 15 is 0 Å². The Morgan fingerprint density at radius 3 is 2.51 bits per heavy atom. The van der Waals surface area contributed by atoms with Crippen molar-refractivity contribution >= 4 is 28.1 Å². The van der Waals surface area contributed by atoms with Crippen molar-refractivity contribution in [2.75, 3.05) is 59.6 Å². The van der Waals surface area contributed by atoms with Crippen LogP contribution in [-0.2, 0) is 19.6 Å². The van der Waals surface area contributed by atoms with Crippen molar-refractivity contribution in [2.45, 2.75) is 30.9 Å².